The monoisotopic (exact) mass is 247 g/mol. The van der Waals surface area contributed by atoms with E-state index in [-0.39, 0.29) is 6.04 Å². The molecule has 0 spiro atoms. The summed E-state index contributed by atoms with van der Waals surface area (Å²) in [5.74, 6) is 1.90. The molecule has 1 N–H and O–H groups in total. The van der Waals surface area contributed by atoms with Crippen LogP contribution in [0.1, 0.15) is 39.0 Å². The van der Waals surface area contributed by atoms with Crippen molar-refractivity contribution in [2.45, 2.75) is 33.2 Å². The number of fused-ring (bicyclic) bond motifs is 1. The largest absolute Gasteiger partial charge is 0.494 e. The Morgan fingerprint density at radius 1 is 1.22 bits per heavy atom. The zero-order chi connectivity index (χ0) is 13.0. The highest BCUT2D eigenvalue weighted by Crippen LogP contribution is 2.28. The van der Waals surface area contributed by atoms with Crippen LogP contribution in [0.15, 0.2) is 28.7 Å². The minimum Gasteiger partial charge on any atom is -0.494 e. The lowest BCUT2D eigenvalue weighted by atomic mass is 10.1. The number of hydrogen-bond donors (Lipinski definition) is 1. The van der Waals surface area contributed by atoms with Gasteiger partial charge in [0.25, 0.3) is 0 Å². The molecule has 1 atom stereocenters. The molecular formula is C15H21NO2. The Bertz CT molecular complexity index is 504. The lowest BCUT2D eigenvalue weighted by molar-refractivity contribution is 0.340. The van der Waals surface area contributed by atoms with E-state index < -0.39 is 0 Å². The molecule has 1 heterocycles. The second-order valence-corrected chi connectivity index (χ2v) is 4.30. The van der Waals surface area contributed by atoms with Crippen LogP contribution in [0.3, 0.4) is 0 Å². The first-order valence-corrected chi connectivity index (χ1v) is 6.68. The molecular weight excluding hydrogens is 226 g/mol. The summed E-state index contributed by atoms with van der Waals surface area (Å²) in [5.41, 5.74) is 0.921. The van der Waals surface area contributed by atoms with Gasteiger partial charge in [0.05, 0.1) is 12.6 Å². The van der Waals surface area contributed by atoms with Gasteiger partial charge in [0, 0.05) is 5.39 Å². The summed E-state index contributed by atoms with van der Waals surface area (Å²) in [5, 5.41) is 4.53. The average Bonchev–Trinajstić information content (AvgIpc) is 2.79. The van der Waals surface area contributed by atoms with Gasteiger partial charge in [0.2, 0.25) is 0 Å². The SMILES string of the molecule is CCNC(CC)c1cc2cc(OCC)ccc2o1. The van der Waals surface area contributed by atoms with E-state index in [0.29, 0.717) is 6.61 Å². The van der Waals surface area contributed by atoms with Gasteiger partial charge in [-0.3, -0.25) is 0 Å². The Morgan fingerprint density at radius 3 is 2.72 bits per heavy atom. The number of furan rings is 1. The van der Waals surface area contributed by atoms with Crippen molar-refractivity contribution in [2.75, 3.05) is 13.2 Å². The Morgan fingerprint density at radius 2 is 2.06 bits per heavy atom. The van der Waals surface area contributed by atoms with Gasteiger partial charge >= 0.3 is 0 Å². The predicted octanol–water partition coefficient (Wildman–Crippen LogP) is 3.89. The summed E-state index contributed by atoms with van der Waals surface area (Å²) in [6.45, 7) is 7.89. The third kappa shape index (κ3) is 2.67. The van der Waals surface area contributed by atoms with Crippen molar-refractivity contribution in [3.63, 3.8) is 0 Å². The van der Waals surface area contributed by atoms with E-state index >= 15 is 0 Å². The molecule has 0 bridgehead atoms. The minimum atomic E-state index is 0.290. The van der Waals surface area contributed by atoms with E-state index in [1.54, 1.807) is 0 Å². The fraction of sp³-hybridized carbons (Fsp3) is 0.467. The van der Waals surface area contributed by atoms with Gasteiger partial charge in [-0.15, -0.1) is 0 Å². The summed E-state index contributed by atoms with van der Waals surface area (Å²) < 4.78 is 11.4. The smallest absolute Gasteiger partial charge is 0.134 e. The average molecular weight is 247 g/mol. The molecule has 98 valence electrons. The number of nitrogens with one attached hydrogen (secondary N) is 1. The topological polar surface area (TPSA) is 34.4 Å². The molecule has 2 rings (SSSR count). The molecule has 0 aliphatic carbocycles. The van der Waals surface area contributed by atoms with Crippen LogP contribution < -0.4 is 10.1 Å². The van der Waals surface area contributed by atoms with E-state index in [0.717, 1.165) is 35.4 Å². The van der Waals surface area contributed by atoms with E-state index in [2.05, 4.69) is 25.2 Å². The maximum Gasteiger partial charge on any atom is 0.134 e. The van der Waals surface area contributed by atoms with Gasteiger partial charge in [-0.25, -0.2) is 0 Å². The Kier molecular flexibility index (Phi) is 4.26. The molecule has 18 heavy (non-hydrogen) atoms. The summed E-state index contributed by atoms with van der Waals surface area (Å²) in [6, 6.07) is 8.35. The van der Waals surface area contributed by atoms with Crippen LogP contribution in [-0.2, 0) is 0 Å². The van der Waals surface area contributed by atoms with E-state index in [1.807, 2.05) is 25.1 Å². The second-order valence-electron chi connectivity index (χ2n) is 4.30. The molecule has 3 heteroatoms. The molecule has 1 unspecified atom stereocenters. The summed E-state index contributed by atoms with van der Waals surface area (Å²) in [6.07, 6.45) is 1.02. The summed E-state index contributed by atoms with van der Waals surface area (Å²) in [7, 11) is 0. The maximum atomic E-state index is 5.89. The highest BCUT2D eigenvalue weighted by Gasteiger charge is 2.13. The zero-order valence-electron chi connectivity index (χ0n) is 11.3. The molecule has 0 aliphatic heterocycles. The van der Waals surface area contributed by atoms with Crippen LogP contribution in [0.2, 0.25) is 0 Å². The first-order chi connectivity index (χ1) is 8.78. The van der Waals surface area contributed by atoms with E-state index in [4.69, 9.17) is 9.15 Å². The van der Waals surface area contributed by atoms with E-state index in [1.165, 1.54) is 0 Å². The molecule has 0 fully saturated rings. The molecule has 2 aromatic rings. The van der Waals surface area contributed by atoms with Gasteiger partial charge in [0.15, 0.2) is 0 Å². The van der Waals surface area contributed by atoms with Crippen molar-refractivity contribution in [1.82, 2.24) is 5.32 Å². The number of benzene rings is 1. The van der Waals surface area contributed by atoms with Crippen LogP contribution in [0.4, 0.5) is 0 Å². The normalized spacial score (nSPS) is 12.8. The predicted molar refractivity (Wildman–Crippen MR) is 74.1 cm³/mol. The van der Waals surface area contributed by atoms with Gasteiger partial charge in [-0.05, 0) is 44.2 Å². The standard InChI is InChI=1S/C15H21NO2/c1-4-13(16-5-2)15-10-11-9-12(17-6-3)7-8-14(11)18-15/h7-10,13,16H,4-6H2,1-3H3. The van der Waals surface area contributed by atoms with Crippen molar-refractivity contribution >= 4 is 11.0 Å². The van der Waals surface area contributed by atoms with Gasteiger partial charge < -0.3 is 14.5 Å². The minimum absolute atomic E-state index is 0.290. The van der Waals surface area contributed by atoms with Crippen molar-refractivity contribution in [3.8, 4) is 5.75 Å². The van der Waals surface area contributed by atoms with Gasteiger partial charge in [0.1, 0.15) is 17.1 Å². The molecule has 1 aromatic carbocycles. The third-order valence-electron chi connectivity index (χ3n) is 3.02. The van der Waals surface area contributed by atoms with Crippen molar-refractivity contribution in [1.29, 1.82) is 0 Å². The summed E-state index contributed by atoms with van der Waals surface area (Å²) in [4.78, 5) is 0. The molecule has 0 saturated heterocycles. The lowest BCUT2D eigenvalue weighted by Gasteiger charge is -2.11. The first-order valence-electron chi connectivity index (χ1n) is 6.68. The van der Waals surface area contributed by atoms with Crippen molar-refractivity contribution in [2.24, 2.45) is 0 Å². The van der Waals surface area contributed by atoms with Crippen LogP contribution in [-0.4, -0.2) is 13.2 Å². The zero-order valence-corrected chi connectivity index (χ0v) is 11.3. The fourth-order valence-electron chi connectivity index (χ4n) is 2.16. The molecule has 0 saturated carbocycles. The molecule has 1 aromatic heterocycles. The van der Waals surface area contributed by atoms with Gasteiger partial charge in [-0.2, -0.15) is 0 Å². The van der Waals surface area contributed by atoms with Crippen molar-refractivity contribution in [3.05, 3.63) is 30.0 Å². The summed E-state index contributed by atoms with van der Waals surface area (Å²) >= 11 is 0. The number of rotatable bonds is 6. The third-order valence-corrected chi connectivity index (χ3v) is 3.02. The van der Waals surface area contributed by atoms with Crippen LogP contribution >= 0.6 is 0 Å². The highest BCUT2D eigenvalue weighted by atomic mass is 16.5. The van der Waals surface area contributed by atoms with Crippen molar-refractivity contribution < 1.29 is 9.15 Å². The van der Waals surface area contributed by atoms with E-state index in [9.17, 15) is 0 Å². The van der Waals surface area contributed by atoms with Gasteiger partial charge in [-0.1, -0.05) is 13.8 Å². The Hall–Kier alpha value is -1.48. The van der Waals surface area contributed by atoms with Crippen LogP contribution in [0.25, 0.3) is 11.0 Å². The Labute approximate surface area is 108 Å². The number of ether oxygens (including phenoxy) is 1. The molecule has 0 radical (unpaired) electrons. The number of hydrogen-bond acceptors (Lipinski definition) is 3. The Balaban J connectivity index is 2.31. The van der Waals surface area contributed by atoms with Crippen LogP contribution in [0.5, 0.6) is 5.75 Å². The molecule has 0 amide bonds. The first kappa shape index (κ1) is 13.0. The van der Waals surface area contributed by atoms with Crippen LogP contribution in [0, 0.1) is 0 Å². The maximum absolute atomic E-state index is 5.89. The fourth-order valence-corrected chi connectivity index (χ4v) is 2.16. The quantitative estimate of drug-likeness (QED) is 0.840. The molecule has 0 aliphatic rings. The lowest BCUT2D eigenvalue weighted by Crippen LogP contribution is -2.19. The highest BCUT2D eigenvalue weighted by molar-refractivity contribution is 5.79. The second kappa shape index (κ2) is 5.91. The molecule has 3 nitrogen and oxygen atoms in total.